The molecule has 2 nitrogen and oxygen atoms in total. The molecule has 1 unspecified atom stereocenters. The van der Waals surface area contributed by atoms with Crippen LogP contribution >= 0.6 is 0 Å². The van der Waals surface area contributed by atoms with Crippen LogP contribution in [0.15, 0.2) is 12.3 Å². The highest BCUT2D eigenvalue weighted by Crippen LogP contribution is 2.20. The summed E-state index contributed by atoms with van der Waals surface area (Å²) in [4.78, 5) is 4.18. The SMILES string of the molecule is CCCC(O)c1cnc(C)cc1C. The molecule has 1 atom stereocenters. The van der Waals surface area contributed by atoms with E-state index in [0.717, 1.165) is 29.7 Å². The highest BCUT2D eigenvalue weighted by atomic mass is 16.3. The third-order valence-corrected chi connectivity index (χ3v) is 2.21. The van der Waals surface area contributed by atoms with E-state index >= 15 is 0 Å². The summed E-state index contributed by atoms with van der Waals surface area (Å²) in [5.74, 6) is 0. The van der Waals surface area contributed by atoms with Crippen LogP contribution in [0.4, 0.5) is 0 Å². The van der Waals surface area contributed by atoms with E-state index in [-0.39, 0.29) is 6.10 Å². The highest BCUT2D eigenvalue weighted by molar-refractivity contribution is 5.26. The maximum Gasteiger partial charge on any atom is 0.0807 e. The predicted molar refractivity (Wildman–Crippen MR) is 53.6 cm³/mol. The number of aryl methyl sites for hydroxylation is 2. The Bertz CT molecular complexity index is 283. The van der Waals surface area contributed by atoms with Crippen molar-refractivity contribution in [2.75, 3.05) is 0 Å². The molecule has 0 saturated carbocycles. The Morgan fingerprint density at radius 2 is 2.15 bits per heavy atom. The molecule has 0 aliphatic rings. The largest absolute Gasteiger partial charge is 0.388 e. The van der Waals surface area contributed by atoms with Gasteiger partial charge in [-0.05, 0) is 31.9 Å². The summed E-state index contributed by atoms with van der Waals surface area (Å²) in [6.07, 6.45) is 3.24. The van der Waals surface area contributed by atoms with Crippen LogP contribution in [-0.4, -0.2) is 10.1 Å². The van der Waals surface area contributed by atoms with Gasteiger partial charge in [0.25, 0.3) is 0 Å². The molecule has 0 amide bonds. The number of aliphatic hydroxyl groups excluding tert-OH is 1. The highest BCUT2D eigenvalue weighted by Gasteiger charge is 2.09. The third-order valence-electron chi connectivity index (χ3n) is 2.21. The molecular formula is C11H17NO. The molecule has 1 N–H and O–H groups in total. The Morgan fingerprint density at radius 1 is 1.46 bits per heavy atom. The minimum atomic E-state index is -0.349. The number of hydrogen-bond donors (Lipinski definition) is 1. The van der Waals surface area contributed by atoms with E-state index < -0.39 is 0 Å². The van der Waals surface area contributed by atoms with Crippen molar-refractivity contribution in [1.29, 1.82) is 0 Å². The quantitative estimate of drug-likeness (QED) is 0.773. The van der Waals surface area contributed by atoms with Gasteiger partial charge in [0.2, 0.25) is 0 Å². The number of nitrogens with zero attached hydrogens (tertiary/aromatic N) is 1. The van der Waals surface area contributed by atoms with Gasteiger partial charge >= 0.3 is 0 Å². The Hall–Kier alpha value is -0.890. The first-order valence-electron chi connectivity index (χ1n) is 4.76. The first-order valence-corrected chi connectivity index (χ1v) is 4.76. The van der Waals surface area contributed by atoms with Crippen molar-refractivity contribution >= 4 is 0 Å². The van der Waals surface area contributed by atoms with E-state index in [0.29, 0.717) is 0 Å². The van der Waals surface area contributed by atoms with Crippen molar-refractivity contribution in [3.8, 4) is 0 Å². The van der Waals surface area contributed by atoms with Crippen LogP contribution in [-0.2, 0) is 0 Å². The lowest BCUT2D eigenvalue weighted by Crippen LogP contribution is -2.01. The van der Waals surface area contributed by atoms with Crippen LogP contribution in [0.25, 0.3) is 0 Å². The first-order chi connectivity index (χ1) is 6.15. The molecule has 1 rings (SSSR count). The average Bonchev–Trinajstić information content (AvgIpc) is 2.04. The van der Waals surface area contributed by atoms with Gasteiger partial charge in [0, 0.05) is 17.5 Å². The van der Waals surface area contributed by atoms with Crippen molar-refractivity contribution in [3.63, 3.8) is 0 Å². The molecule has 0 radical (unpaired) electrons. The molecule has 0 aromatic carbocycles. The topological polar surface area (TPSA) is 33.1 Å². The molecule has 1 aromatic rings. The zero-order valence-electron chi connectivity index (χ0n) is 8.54. The van der Waals surface area contributed by atoms with Gasteiger partial charge in [-0.25, -0.2) is 0 Å². The van der Waals surface area contributed by atoms with Crippen molar-refractivity contribution in [3.05, 3.63) is 29.1 Å². The fourth-order valence-corrected chi connectivity index (χ4v) is 1.48. The molecule has 0 aliphatic carbocycles. The maximum atomic E-state index is 9.75. The molecule has 1 aromatic heterocycles. The van der Waals surface area contributed by atoms with Crippen LogP contribution in [0, 0.1) is 13.8 Å². The second kappa shape index (κ2) is 4.38. The van der Waals surface area contributed by atoms with E-state index in [2.05, 4.69) is 11.9 Å². The number of aromatic nitrogens is 1. The van der Waals surface area contributed by atoms with Crippen molar-refractivity contribution in [2.45, 2.75) is 39.7 Å². The smallest absolute Gasteiger partial charge is 0.0807 e. The monoisotopic (exact) mass is 179 g/mol. The minimum absolute atomic E-state index is 0.349. The molecular weight excluding hydrogens is 162 g/mol. The number of hydrogen-bond acceptors (Lipinski definition) is 2. The number of pyridine rings is 1. The average molecular weight is 179 g/mol. The van der Waals surface area contributed by atoms with Gasteiger partial charge in [-0.3, -0.25) is 4.98 Å². The summed E-state index contributed by atoms with van der Waals surface area (Å²) in [6.45, 7) is 6.05. The van der Waals surface area contributed by atoms with E-state index in [1.807, 2.05) is 19.9 Å². The Labute approximate surface area is 79.6 Å². The fourth-order valence-electron chi connectivity index (χ4n) is 1.48. The lowest BCUT2D eigenvalue weighted by atomic mass is 10.0. The van der Waals surface area contributed by atoms with Gasteiger partial charge in [-0.15, -0.1) is 0 Å². The summed E-state index contributed by atoms with van der Waals surface area (Å²) in [5.41, 5.74) is 3.10. The molecule has 0 fully saturated rings. The van der Waals surface area contributed by atoms with E-state index in [1.54, 1.807) is 6.20 Å². The van der Waals surface area contributed by atoms with Crippen molar-refractivity contribution in [2.24, 2.45) is 0 Å². The normalized spacial score (nSPS) is 12.9. The lowest BCUT2D eigenvalue weighted by molar-refractivity contribution is 0.165. The van der Waals surface area contributed by atoms with Gasteiger partial charge in [0.1, 0.15) is 0 Å². The summed E-state index contributed by atoms with van der Waals surface area (Å²) >= 11 is 0. The van der Waals surface area contributed by atoms with Crippen molar-refractivity contribution < 1.29 is 5.11 Å². The van der Waals surface area contributed by atoms with Gasteiger partial charge in [-0.1, -0.05) is 13.3 Å². The van der Waals surface area contributed by atoms with Crippen LogP contribution in [0.1, 0.15) is 42.7 Å². The fraction of sp³-hybridized carbons (Fsp3) is 0.545. The second-order valence-electron chi connectivity index (χ2n) is 3.49. The molecule has 0 aliphatic heterocycles. The second-order valence-corrected chi connectivity index (χ2v) is 3.49. The Balaban J connectivity index is 2.88. The van der Waals surface area contributed by atoms with Gasteiger partial charge in [0.05, 0.1) is 6.10 Å². The lowest BCUT2D eigenvalue weighted by Gasteiger charge is -2.12. The number of rotatable bonds is 3. The predicted octanol–water partition coefficient (Wildman–Crippen LogP) is 2.53. The van der Waals surface area contributed by atoms with Crippen LogP contribution in [0.3, 0.4) is 0 Å². The molecule has 2 heteroatoms. The van der Waals surface area contributed by atoms with E-state index in [1.165, 1.54) is 0 Å². The summed E-state index contributed by atoms with van der Waals surface area (Å²) < 4.78 is 0. The van der Waals surface area contributed by atoms with E-state index in [4.69, 9.17) is 0 Å². The number of aliphatic hydroxyl groups is 1. The summed E-state index contributed by atoms with van der Waals surface area (Å²) in [5, 5.41) is 9.75. The maximum absolute atomic E-state index is 9.75. The van der Waals surface area contributed by atoms with Crippen molar-refractivity contribution in [1.82, 2.24) is 4.98 Å². The van der Waals surface area contributed by atoms with Gasteiger partial charge in [0.15, 0.2) is 0 Å². The van der Waals surface area contributed by atoms with Crippen LogP contribution < -0.4 is 0 Å². The zero-order valence-corrected chi connectivity index (χ0v) is 8.54. The molecule has 0 bridgehead atoms. The Kier molecular flexibility index (Phi) is 3.43. The summed E-state index contributed by atoms with van der Waals surface area (Å²) in [7, 11) is 0. The van der Waals surface area contributed by atoms with E-state index in [9.17, 15) is 5.11 Å². The Morgan fingerprint density at radius 3 is 2.69 bits per heavy atom. The minimum Gasteiger partial charge on any atom is -0.388 e. The van der Waals surface area contributed by atoms with Gasteiger partial charge in [-0.2, -0.15) is 0 Å². The molecule has 13 heavy (non-hydrogen) atoms. The third kappa shape index (κ3) is 2.52. The summed E-state index contributed by atoms with van der Waals surface area (Å²) in [6, 6.07) is 2.01. The van der Waals surface area contributed by atoms with Crippen LogP contribution in [0.5, 0.6) is 0 Å². The standard InChI is InChI=1S/C11H17NO/c1-4-5-11(13)10-7-12-9(3)6-8(10)2/h6-7,11,13H,4-5H2,1-3H3. The molecule has 0 saturated heterocycles. The van der Waals surface area contributed by atoms with Crippen LogP contribution in [0.2, 0.25) is 0 Å². The van der Waals surface area contributed by atoms with Gasteiger partial charge < -0.3 is 5.11 Å². The molecule has 1 heterocycles. The zero-order chi connectivity index (χ0) is 9.84. The molecule has 72 valence electrons. The molecule has 0 spiro atoms. The first kappa shape index (κ1) is 10.2.